The molecule has 0 fully saturated rings. The summed E-state index contributed by atoms with van der Waals surface area (Å²) in [4.78, 5) is 18.5. The zero-order valence-electron chi connectivity index (χ0n) is 19.5. The average molecular weight is 478 g/mol. The van der Waals surface area contributed by atoms with Crippen molar-refractivity contribution in [2.45, 2.75) is 26.3 Å². The van der Waals surface area contributed by atoms with E-state index in [1.807, 2.05) is 37.3 Å². The van der Waals surface area contributed by atoms with Crippen molar-refractivity contribution in [2.24, 2.45) is 0 Å². The lowest BCUT2D eigenvalue weighted by molar-refractivity contribution is 0.0997. The summed E-state index contributed by atoms with van der Waals surface area (Å²) in [5, 5.41) is 7.31. The smallest absolute Gasteiger partial charge is 0.291 e. The molecule has 2 N–H and O–H groups in total. The fraction of sp³-hybridized carbons (Fsp3) is 0.231. The first-order valence-corrected chi connectivity index (χ1v) is 11.7. The predicted molar refractivity (Wildman–Crippen MR) is 134 cm³/mol. The van der Waals surface area contributed by atoms with Gasteiger partial charge in [-0.2, -0.15) is 0 Å². The molecule has 0 aliphatic rings. The Kier molecular flexibility index (Phi) is 7.18. The van der Waals surface area contributed by atoms with E-state index in [9.17, 15) is 4.79 Å². The van der Waals surface area contributed by atoms with E-state index in [0.717, 1.165) is 33.0 Å². The second-order valence-corrected chi connectivity index (χ2v) is 8.82. The molecule has 0 spiro atoms. The molecule has 0 unspecified atom stereocenters. The Hall–Kier alpha value is -3.78. The van der Waals surface area contributed by atoms with Crippen molar-refractivity contribution in [3.8, 4) is 11.5 Å². The Morgan fingerprint density at radius 3 is 2.65 bits per heavy atom. The van der Waals surface area contributed by atoms with Crippen molar-refractivity contribution in [1.82, 2.24) is 4.98 Å². The molecule has 0 bridgehead atoms. The zero-order chi connectivity index (χ0) is 24.1. The minimum atomic E-state index is -0.372. The van der Waals surface area contributed by atoms with E-state index in [1.165, 1.54) is 17.6 Å². The van der Waals surface area contributed by atoms with E-state index in [1.54, 1.807) is 32.5 Å². The number of carbonyl (C=O) groups excluding carboxylic acids is 1. The minimum Gasteiger partial charge on any atom is -0.497 e. The molecule has 4 rings (SSSR count). The summed E-state index contributed by atoms with van der Waals surface area (Å²) in [6.07, 6.45) is 4.08. The van der Waals surface area contributed by atoms with Crippen molar-refractivity contribution in [1.29, 1.82) is 0 Å². The van der Waals surface area contributed by atoms with Gasteiger partial charge in [0.15, 0.2) is 5.76 Å². The first kappa shape index (κ1) is 23.4. The second kappa shape index (κ2) is 10.4. The van der Waals surface area contributed by atoms with Crippen LogP contribution in [0.25, 0.3) is 0 Å². The molecule has 0 aliphatic carbocycles. The summed E-state index contributed by atoms with van der Waals surface area (Å²) in [6.45, 7) is 4.10. The molecule has 8 heteroatoms. The maximum atomic E-state index is 12.8. The summed E-state index contributed by atoms with van der Waals surface area (Å²) in [5.74, 6) is 2.05. The highest BCUT2D eigenvalue weighted by atomic mass is 32.1. The summed E-state index contributed by atoms with van der Waals surface area (Å²) < 4.78 is 16.5. The largest absolute Gasteiger partial charge is 0.497 e. The quantitative estimate of drug-likeness (QED) is 0.304. The number of anilines is 2. The van der Waals surface area contributed by atoms with Crippen LogP contribution in [0.1, 0.15) is 45.1 Å². The Balaban J connectivity index is 1.83. The van der Waals surface area contributed by atoms with E-state index in [2.05, 4.69) is 28.6 Å². The number of benzene rings is 1. The molecule has 0 saturated heterocycles. The number of rotatable bonds is 9. The number of hydrogen-bond acceptors (Lipinski definition) is 7. The van der Waals surface area contributed by atoms with Crippen molar-refractivity contribution in [3.63, 3.8) is 0 Å². The number of nitrogens with one attached hydrogen (secondary N) is 2. The summed E-state index contributed by atoms with van der Waals surface area (Å²) in [6, 6.07) is 14.7. The van der Waals surface area contributed by atoms with Crippen LogP contribution in [-0.4, -0.2) is 25.1 Å². The highest BCUT2D eigenvalue weighted by Crippen LogP contribution is 2.42. The minimum absolute atomic E-state index is 0.251. The van der Waals surface area contributed by atoms with Crippen molar-refractivity contribution < 1.29 is 18.7 Å². The molecule has 4 aromatic rings. The van der Waals surface area contributed by atoms with Crippen molar-refractivity contribution in [2.75, 3.05) is 24.9 Å². The van der Waals surface area contributed by atoms with Gasteiger partial charge < -0.3 is 24.5 Å². The van der Waals surface area contributed by atoms with Gasteiger partial charge >= 0.3 is 0 Å². The van der Waals surface area contributed by atoms with E-state index in [4.69, 9.17) is 13.9 Å². The lowest BCUT2D eigenvalue weighted by atomic mass is 9.98. The van der Waals surface area contributed by atoms with Crippen LogP contribution in [0.5, 0.6) is 11.5 Å². The molecular formula is C26H27N3O4S. The van der Waals surface area contributed by atoms with Gasteiger partial charge in [-0.1, -0.05) is 6.92 Å². The molecule has 34 heavy (non-hydrogen) atoms. The molecular weight excluding hydrogens is 450 g/mol. The van der Waals surface area contributed by atoms with Gasteiger partial charge in [0.05, 0.1) is 26.5 Å². The van der Waals surface area contributed by atoms with E-state index in [-0.39, 0.29) is 17.7 Å². The van der Waals surface area contributed by atoms with Crippen LogP contribution < -0.4 is 20.1 Å². The molecule has 176 valence electrons. The van der Waals surface area contributed by atoms with E-state index < -0.39 is 0 Å². The topological polar surface area (TPSA) is 85.6 Å². The first-order valence-electron chi connectivity index (χ1n) is 10.9. The molecule has 0 aliphatic heterocycles. The molecule has 1 atom stereocenters. The van der Waals surface area contributed by atoms with Gasteiger partial charge in [-0.25, -0.2) is 4.98 Å². The fourth-order valence-electron chi connectivity index (χ4n) is 3.67. The summed E-state index contributed by atoms with van der Waals surface area (Å²) in [5.41, 5.74) is 2.84. The van der Waals surface area contributed by atoms with Crippen LogP contribution in [0.3, 0.4) is 0 Å². The Bertz CT molecular complexity index is 1270. The van der Waals surface area contributed by atoms with Gasteiger partial charge in [0.2, 0.25) is 0 Å². The maximum absolute atomic E-state index is 12.8. The average Bonchev–Trinajstić information content (AvgIpc) is 3.53. The number of carbonyl (C=O) groups is 1. The van der Waals surface area contributed by atoms with Gasteiger partial charge in [0, 0.05) is 22.2 Å². The highest BCUT2D eigenvalue weighted by Gasteiger charge is 2.26. The Morgan fingerprint density at radius 1 is 1.12 bits per heavy atom. The number of thiophene rings is 1. The van der Waals surface area contributed by atoms with Crippen LogP contribution in [0.15, 0.2) is 65.4 Å². The number of pyridine rings is 1. The SMILES string of the molecule is CCc1cc([C@@H](Nc2cc(C)ccn2)c2cc(OC)ccc2OC)c(NC(=O)c2ccco2)s1. The van der Waals surface area contributed by atoms with Gasteiger partial charge in [-0.05, 0) is 67.4 Å². The Morgan fingerprint density at radius 2 is 1.97 bits per heavy atom. The number of methoxy groups -OCH3 is 2. The van der Waals surface area contributed by atoms with E-state index in [0.29, 0.717) is 17.3 Å². The molecule has 0 radical (unpaired) electrons. The number of furan rings is 1. The van der Waals surface area contributed by atoms with E-state index >= 15 is 0 Å². The van der Waals surface area contributed by atoms with Gasteiger partial charge in [0.1, 0.15) is 22.3 Å². The maximum Gasteiger partial charge on any atom is 0.291 e. The van der Waals surface area contributed by atoms with Crippen LogP contribution in [0.4, 0.5) is 10.8 Å². The van der Waals surface area contributed by atoms with Crippen LogP contribution >= 0.6 is 11.3 Å². The number of ether oxygens (including phenoxy) is 2. The van der Waals surface area contributed by atoms with Crippen molar-refractivity contribution >= 4 is 28.1 Å². The molecule has 1 aromatic carbocycles. The van der Waals surface area contributed by atoms with Crippen LogP contribution in [-0.2, 0) is 6.42 Å². The summed E-state index contributed by atoms with van der Waals surface area (Å²) in [7, 11) is 3.27. The lowest BCUT2D eigenvalue weighted by Crippen LogP contribution is -2.17. The molecule has 0 saturated carbocycles. The third-order valence-corrected chi connectivity index (χ3v) is 6.61. The Labute approximate surface area is 202 Å². The number of aromatic nitrogens is 1. The number of amides is 1. The third-order valence-electron chi connectivity index (χ3n) is 5.40. The van der Waals surface area contributed by atoms with Gasteiger partial charge in [-0.3, -0.25) is 4.79 Å². The molecule has 1 amide bonds. The first-order chi connectivity index (χ1) is 16.5. The number of hydrogen-bond donors (Lipinski definition) is 2. The van der Waals surface area contributed by atoms with Gasteiger partial charge in [0.25, 0.3) is 5.91 Å². The van der Waals surface area contributed by atoms with Crippen LogP contribution in [0, 0.1) is 6.92 Å². The lowest BCUT2D eigenvalue weighted by Gasteiger charge is -2.23. The van der Waals surface area contributed by atoms with Crippen molar-refractivity contribution in [3.05, 3.63) is 88.3 Å². The monoisotopic (exact) mass is 477 g/mol. The molecule has 3 heterocycles. The van der Waals surface area contributed by atoms with Crippen LogP contribution in [0.2, 0.25) is 0 Å². The normalized spacial score (nSPS) is 11.6. The van der Waals surface area contributed by atoms with Gasteiger partial charge in [-0.15, -0.1) is 11.3 Å². The predicted octanol–water partition coefficient (Wildman–Crippen LogP) is 6.08. The second-order valence-electron chi connectivity index (χ2n) is 7.69. The fourth-order valence-corrected chi connectivity index (χ4v) is 4.70. The number of aryl methyl sites for hydroxylation is 2. The third kappa shape index (κ3) is 5.07. The zero-order valence-corrected chi connectivity index (χ0v) is 20.4. The summed E-state index contributed by atoms with van der Waals surface area (Å²) >= 11 is 1.54. The number of nitrogens with zero attached hydrogens (tertiary/aromatic N) is 1. The molecule has 7 nitrogen and oxygen atoms in total. The standard InChI is InChI=1S/C26H27N3O4S/c1-5-18-15-20(26(34-18)29-25(30)22-7-6-12-33-22)24(28-23-13-16(2)10-11-27-23)19-14-17(31-3)8-9-21(19)32-4/h6-15,24H,5H2,1-4H3,(H,27,28)(H,29,30)/t24-/m0/s1. The molecule has 3 aromatic heterocycles. The highest BCUT2D eigenvalue weighted by molar-refractivity contribution is 7.16.